The molecular formula is C14H17FO4. The van der Waals surface area contributed by atoms with E-state index >= 15 is 0 Å². The zero-order valence-corrected chi connectivity index (χ0v) is 11.2. The van der Waals surface area contributed by atoms with Crippen molar-refractivity contribution >= 4 is 11.8 Å². The zero-order chi connectivity index (χ0) is 14.6. The van der Waals surface area contributed by atoms with Gasteiger partial charge in [-0.05, 0) is 39.0 Å². The summed E-state index contributed by atoms with van der Waals surface area (Å²) in [5.41, 5.74) is -1.03. The van der Waals surface area contributed by atoms with Crippen LogP contribution in [0, 0.1) is 11.2 Å². The number of carboxylic acid groups (broad SMARTS) is 1. The van der Waals surface area contributed by atoms with Gasteiger partial charge in [-0.15, -0.1) is 0 Å². The van der Waals surface area contributed by atoms with Crippen LogP contribution in [0.5, 0.6) is 5.75 Å². The molecule has 1 aromatic carbocycles. The van der Waals surface area contributed by atoms with Crippen molar-refractivity contribution in [3.8, 4) is 5.75 Å². The molecule has 0 heterocycles. The second-order valence-electron chi connectivity index (χ2n) is 4.87. The van der Waals surface area contributed by atoms with Crippen LogP contribution in [0.15, 0.2) is 18.2 Å². The van der Waals surface area contributed by atoms with Crippen LogP contribution in [0.4, 0.5) is 4.39 Å². The highest BCUT2D eigenvalue weighted by Gasteiger charge is 2.30. The molecule has 0 fully saturated rings. The highest BCUT2D eigenvalue weighted by molar-refractivity contribution is 5.98. The molecule has 1 rings (SSSR count). The van der Waals surface area contributed by atoms with Crippen LogP contribution < -0.4 is 4.74 Å². The van der Waals surface area contributed by atoms with E-state index in [1.54, 1.807) is 6.92 Å². The van der Waals surface area contributed by atoms with Crippen molar-refractivity contribution < 1.29 is 23.8 Å². The largest absolute Gasteiger partial charge is 0.491 e. The number of halogens is 1. The Morgan fingerprint density at radius 3 is 2.47 bits per heavy atom. The van der Waals surface area contributed by atoms with Gasteiger partial charge in [0.1, 0.15) is 0 Å². The normalized spacial score (nSPS) is 11.2. The van der Waals surface area contributed by atoms with E-state index in [1.807, 2.05) is 0 Å². The summed E-state index contributed by atoms with van der Waals surface area (Å²) in [5, 5.41) is 8.96. The van der Waals surface area contributed by atoms with Gasteiger partial charge in [-0.3, -0.25) is 9.59 Å². The van der Waals surface area contributed by atoms with E-state index in [2.05, 4.69) is 0 Å². The Morgan fingerprint density at radius 1 is 1.37 bits per heavy atom. The molecule has 0 aliphatic heterocycles. The third-order valence-corrected chi connectivity index (χ3v) is 2.74. The van der Waals surface area contributed by atoms with Crippen molar-refractivity contribution in [3.63, 3.8) is 0 Å². The fraction of sp³-hybridized carbons (Fsp3) is 0.429. The Labute approximate surface area is 111 Å². The maximum absolute atomic E-state index is 13.6. The van der Waals surface area contributed by atoms with Gasteiger partial charge < -0.3 is 9.84 Å². The molecule has 104 valence electrons. The summed E-state index contributed by atoms with van der Waals surface area (Å²) in [6.45, 7) is 4.97. The highest BCUT2D eigenvalue weighted by atomic mass is 19.1. The lowest BCUT2D eigenvalue weighted by atomic mass is 9.86. The molecule has 19 heavy (non-hydrogen) atoms. The van der Waals surface area contributed by atoms with Gasteiger partial charge in [-0.1, -0.05) is 0 Å². The molecule has 5 heteroatoms. The second-order valence-corrected chi connectivity index (χ2v) is 4.87. The fourth-order valence-electron chi connectivity index (χ4n) is 1.53. The fourth-order valence-corrected chi connectivity index (χ4v) is 1.53. The number of carbonyl (C=O) groups is 2. The van der Waals surface area contributed by atoms with E-state index in [1.165, 1.54) is 26.0 Å². The summed E-state index contributed by atoms with van der Waals surface area (Å²) >= 11 is 0. The zero-order valence-electron chi connectivity index (χ0n) is 11.2. The van der Waals surface area contributed by atoms with Crippen LogP contribution in [0.1, 0.15) is 37.6 Å². The molecule has 4 nitrogen and oxygen atoms in total. The maximum Gasteiger partial charge on any atom is 0.309 e. The number of carboxylic acids is 1. The summed E-state index contributed by atoms with van der Waals surface area (Å²) in [6.07, 6.45) is -0.185. The summed E-state index contributed by atoms with van der Waals surface area (Å²) < 4.78 is 18.6. The minimum atomic E-state index is -1.17. The van der Waals surface area contributed by atoms with Gasteiger partial charge in [0, 0.05) is 12.0 Å². The number of carbonyl (C=O) groups excluding carboxylic acids is 1. The number of hydrogen-bond acceptors (Lipinski definition) is 3. The Bertz CT molecular complexity index is 494. The van der Waals surface area contributed by atoms with E-state index in [0.29, 0.717) is 6.61 Å². The minimum Gasteiger partial charge on any atom is -0.491 e. The van der Waals surface area contributed by atoms with Crippen LogP contribution in [0.3, 0.4) is 0 Å². The first-order valence-electron chi connectivity index (χ1n) is 5.97. The van der Waals surface area contributed by atoms with E-state index in [-0.39, 0.29) is 17.7 Å². The molecule has 0 amide bonds. The molecule has 1 aromatic rings. The van der Waals surface area contributed by atoms with Crippen molar-refractivity contribution in [1.82, 2.24) is 0 Å². The molecule has 0 bridgehead atoms. The predicted octanol–water partition coefficient (Wildman–Crippen LogP) is 2.91. The molecule has 0 spiro atoms. The summed E-state index contributed by atoms with van der Waals surface area (Å²) in [7, 11) is 0. The average molecular weight is 268 g/mol. The highest BCUT2D eigenvalue weighted by Crippen LogP contribution is 2.25. The maximum atomic E-state index is 13.6. The van der Waals surface area contributed by atoms with E-state index in [0.717, 1.165) is 6.07 Å². The van der Waals surface area contributed by atoms with E-state index < -0.39 is 23.0 Å². The average Bonchev–Trinajstić information content (AvgIpc) is 2.31. The number of ketones is 1. The molecule has 0 saturated carbocycles. The number of aliphatic carboxylic acids is 1. The van der Waals surface area contributed by atoms with Gasteiger partial charge in [0.15, 0.2) is 17.3 Å². The van der Waals surface area contributed by atoms with Gasteiger partial charge >= 0.3 is 5.97 Å². The number of ether oxygens (including phenoxy) is 1. The van der Waals surface area contributed by atoms with Crippen LogP contribution in [0.2, 0.25) is 0 Å². The number of hydrogen-bond donors (Lipinski definition) is 1. The summed E-state index contributed by atoms with van der Waals surface area (Å²) in [5.74, 6) is -2.01. The van der Waals surface area contributed by atoms with Gasteiger partial charge in [0.2, 0.25) is 0 Å². The van der Waals surface area contributed by atoms with Crippen LogP contribution in [-0.4, -0.2) is 23.5 Å². The van der Waals surface area contributed by atoms with E-state index in [4.69, 9.17) is 9.84 Å². The lowest BCUT2D eigenvalue weighted by Crippen LogP contribution is -2.27. The second kappa shape index (κ2) is 5.82. The third kappa shape index (κ3) is 3.77. The quantitative estimate of drug-likeness (QED) is 0.806. The topological polar surface area (TPSA) is 63.6 Å². The Hall–Kier alpha value is -1.91. The van der Waals surface area contributed by atoms with E-state index in [9.17, 15) is 14.0 Å². The molecule has 0 aliphatic rings. The SMILES string of the molecule is CCOc1ccc(C(=O)CC(C)(C)C(=O)O)cc1F. The van der Waals surface area contributed by atoms with Crippen molar-refractivity contribution in [2.45, 2.75) is 27.2 Å². The molecule has 1 N–H and O–H groups in total. The molecule has 0 saturated heterocycles. The molecule has 0 aliphatic carbocycles. The van der Waals surface area contributed by atoms with Crippen LogP contribution >= 0.6 is 0 Å². The monoisotopic (exact) mass is 268 g/mol. The van der Waals surface area contributed by atoms with Crippen LogP contribution in [-0.2, 0) is 4.79 Å². The Kier molecular flexibility index (Phi) is 4.64. The minimum absolute atomic E-state index is 0.0801. The predicted molar refractivity (Wildman–Crippen MR) is 67.9 cm³/mol. The van der Waals surface area contributed by atoms with Gasteiger partial charge in [0.05, 0.1) is 12.0 Å². The lowest BCUT2D eigenvalue weighted by molar-refractivity contribution is -0.146. The first-order valence-corrected chi connectivity index (χ1v) is 5.97. The summed E-state index contributed by atoms with van der Waals surface area (Å²) in [6, 6.07) is 3.89. The number of benzene rings is 1. The standard InChI is InChI=1S/C14H17FO4/c1-4-19-12-6-5-9(7-10(12)15)11(16)8-14(2,3)13(17)18/h5-7H,4,8H2,1-3H3,(H,17,18). The molecule has 0 atom stereocenters. The molecule has 0 aromatic heterocycles. The lowest BCUT2D eigenvalue weighted by Gasteiger charge is -2.17. The molecule has 0 radical (unpaired) electrons. The van der Waals surface area contributed by atoms with Gasteiger partial charge in [-0.25, -0.2) is 4.39 Å². The smallest absolute Gasteiger partial charge is 0.309 e. The van der Waals surface area contributed by atoms with Gasteiger partial charge in [0.25, 0.3) is 0 Å². The van der Waals surface area contributed by atoms with Crippen molar-refractivity contribution in [1.29, 1.82) is 0 Å². The van der Waals surface area contributed by atoms with Crippen molar-refractivity contribution in [3.05, 3.63) is 29.6 Å². The molecule has 0 unspecified atom stereocenters. The Morgan fingerprint density at radius 2 is 2.00 bits per heavy atom. The first kappa shape index (κ1) is 15.1. The number of rotatable bonds is 6. The van der Waals surface area contributed by atoms with Crippen molar-refractivity contribution in [2.75, 3.05) is 6.61 Å². The summed E-state index contributed by atoms with van der Waals surface area (Å²) in [4.78, 5) is 22.9. The van der Waals surface area contributed by atoms with Gasteiger partial charge in [-0.2, -0.15) is 0 Å². The number of Topliss-reactive ketones (excluding diaryl/α,β-unsaturated/α-hetero) is 1. The van der Waals surface area contributed by atoms with Crippen LogP contribution in [0.25, 0.3) is 0 Å². The Balaban J connectivity index is 2.90. The van der Waals surface area contributed by atoms with Crippen molar-refractivity contribution in [2.24, 2.45) is 5.41 Å². The first-order chi connectivity index (χ1) is 8.77. The third-order valence-electron chi connectivity index (χ3n) is 2.74. The molecular weight excluding hydrogens is 251 g/mol.